The lowest BCUT2D eigenvalue weighted by Crippen LogP contribution is -2.19. The average Bonchev–Trinajstić information content (AvgIpc) is 3.09. The molecule has 2 aromatic rings. The Bertz CT molecular complexity index is 954. The van der Waals surface area contributed by atoms with Crippen LogP contribution in [-0.2, 0) is 4.79 Å². The summed E-state index contributed by atoms with van der Waals surface area (Å²) in [5.41, 5.74) is 1.60. The number of hydrogen-bond donors (Lipinski definition) is 1. The minimum atomic E-state index is -0.177. The Balaban J connectivity index is 1.75. The van der Waals surface area contributed by atoms with Gasteiger partial charge in [0.2, 0.25) is 0 Å². The smallest absolute Gasteiger partial charge is 0.264 e. The molecule has 0 bridgehead atoms. The van der Waals surface area contributed by atoms with E-state index in [9.17, 15) is 4.79 Å². The van der Waals surface area contributed by atoms with Crippen LogP contribution in [0.1, 0.15) is 32.8 Å². The second kappa shape index (κ2) is 10.2. The van der Waals surface area contributed by atoms with Crippen molar-refractivity contribution in [1.82, 2.24) is 5.32 Å². The molecule has 3 rings (SSSR count). The van der Waals surface area contributed by atoms with Gasteiger partial charge in [0.25, 0.3) is 5.91 Å². The Morgan fingerprint density at radius 3 is 2.57 bits per heavy atom. The molecule has 0 radical (unpaired) electrons. The lowest BCUT2D eigenvalue weighted by molar-refractivity contribution is -0.115. The molecule has 1 aliphatic rings. The first-order valence-corrected chi connectivity index (χ1v) is 10.7. The van der Waals surface area contributed by atoms with Crippen molar-refractivity contribution in [2.75, 3.05) is 13.7 Å². The number of methoxy groups -OCH3 is 1. The number of carbonyl (C=O) groups excluding carboxylic acids is 1. The average molecular weight is 427 g/mol. The summed E-state index contributed by atoms with van der Waals surface area (Å²) in [7, 11) is 1.61. The number of amidine groups is 1. The first kappa shape index (κ1) is 21.8. The van der Waals surface area contributed by atoms with Crippen LogP contribution in [0, 0.1) is 0 Å². The van der Waals surface area contributed by atoms with Crippen molar-refractivity contribution in [3.8, 4) is 17.2 Å². The Morgan fingerprint density at radius 1 is 1.13 bits per heavy atom. The van der Waals surface area contributed by atoms with Gasteiger partial charge >= 0.3 is 0 Å². The molecule has 1 fully saturated rings. The Hall–Kier alpha value is -2.93. The molecule has 0 aliphatic carbocycles. The van der Waals surface area contributed by atoms with E-state index in [0.29, 0.717) is 28.2 Å². The lowest BCUT2D eigenvalue weighted by atomic mass is 10.2. The fourth-order valence-corrected chi connectivity index (χ4v) is 3.55. The zero-order valence-electron chi connectivity index (χ0n) is 17.6. The molecule has 7 heteroatoms. The molecular formula is C23H26N2O4S. The van der Waals surface area contributed by atoms with Crippen molar-refractivity contribution in [3.63, 3.8) is 0 Å². The van der Waals surface area contributed by atoms with E-state index in [-0.39, 0.29) is 12.0 Å². The van der Waals surface area contributed by atoms with Gasteiger partial charge in [-0.15, -0.1) is 0 Å². The maximum absolute atomic E-state index is 12.4. The van der Waals surface area contributed by atoms with Crippen LogP contribution in [0.2, 0.25) is 0 Å². The highest BCUT2D eigenvalue weighted by Gasteiger charge is 2.24. The number of hydrogen-bond acceptors (Lipinski definition) is 6. The normalized spacial score (nSPS) is 17.1. The van der Waals surface area contributed by atoms with Gasteiger partial charge in [0.1, 0.15) is 5.75 Å². The fourth-order valence-electron chi connectivity index (χ4n) is 2.70. The number of nitrogens with one attached hydrogen (secondary N) is 1. The quantitative estimate of drug-likeness (QED) is 0.590. The van der Waals surface area contributed by atoms with Crippen LogP contribution in [0.15, 0.2) is 52.4 Å². The molecular weight excluding hydrogens is 400 g/mol. The summed E-state index contributed by atoms with van der Waals surface area (Å²) in [6.07, 6.45) is 2.82. The van der Waals surface area contributed by atoms with Gasteiger partial charge in [-0.2, -0.15) is 0 Å². The van der Waals surface area contributed by atoms with E-state index in [1.165, 1.54) is 11.8 Å². The van der Waals surface area contributed by atoms with Gasteiger partial charge in [-0.05, 0) is 80.1 Å². The van der Waals surface area contributed by atoms with Crippen LogP contribution in [-0.4, -0.2) is 30.9 Å². The zero-order valence-corrected chi connectivity index (χ0v) is 18.4. The minimum absolute atomic E-state index is 0.0978. The standard InChI is InChI=1S/C23H26N2O4S/c1-5-15(3)29-19-12-7-16(13-20(19)27-4)14-21-22(26)25-23(30-21)24-17-8-10-18(11-9-17)28-6-2/h7-15H,5-6H2,1-4H3,(H,24,25,26)/b21-14+/t15-/m1/s1. The number of ether oxygens (including phenoxy) is 3. The maximum atomic E-state index is 12.4. The van der Waals surface area contributed by atoms with Crippen molar-refractivity contribution in [3.05, 3.63) is 52.9 Å². The van der Waals surface area contributed by atoms with Gasteiger partial charge < -0.3 is 19.5 Å². The highest BCUT2D eigenvalue weighted by atomic mass is 32.2. The Labute approximate surface area is 181 Å². The highest BCUT2D eigenvalue weighted by Crippen LogP contribution is 2.33. The summed E-state index contributed by atoms with van der Waals surface area (Å²) in [6, 6.07) is 13.1. The van der Waals surface area contributed by atoms with E-state index in [4.69, 9.17) is 14.2 Å². The van der Waals surface area contributed by atoms with Gasteiger partial charge in [0, 0.05) is 0 Å². The molecule has 0 saturated carbocycles. The number of thioether (sulfide) groups is 1. The lowest BCUT2D eigenvalue weighted by Gasteiger charge is -2.15. The van der Waals surface area contributed by atoms with Crippen LogP contribution in [0.5, 0.6) is 17.2 Å². The van der Waals surface area contributed by atoms with Crippen LogP contribution in [0.3, 0.4) is 0 Å². The number of nitrogens with zero attached hydrogens (tertiary/aromatic N) is 1. The Kier molecular flexibility index (Phi) is 7.41. The number of aliphatic imine (C=N–C) groups is 1. The van der Waals surface area contributed by atoms with Crippen molar-refractivity contribution >= 4 is 34.6 Å². The van der Waals surface area contributed by atoms with Gasteiger partial charge in [-0.3, -0.25) is 4.79 Å². The first-order valence-electron chi connectivity index (χ1n) is 9.89. The zero-order chi connectivity index (χ0) is 21.5. The Morgan fingerprint density at radius 2 is 1.90 bits per heavy atom. The predicted molar refractivity (Wildman–Crippen MR) is 122 cm³/mol. The van der Waals surface area contributed by atoms with Crippen LogP contribution in [0.4, 0.5) is 5.69 Å². The summed E-state index contributed by atoms with van der Waals surface area (Å²) in [5, 5.41) is 3.35. The van der Waals surface area contributed by atoms with E-state index in [1.807, 2.05) is 62.4 Å². The third-order valence-corrected chi connectivity index (χ3v) is 5.33. The first-order chi connectivity index (χ1) is 14.5. The van der Waals surface area contributed by atoms with Crippen LogP contribution < -0.4 is 19.5 Å². The molecule has 1 heterocycles. The van der Waals surface area contributed by atoms with Crippen molar-refractivity contribution < 1.29 is 19.0 Å². The van der Waals surface area contributed by atoms with E-state index < -0.39 is 0 Å². The fraction of sp³-hybridized carbons (Fsp3) is 0.304. The SMILES string of the molecule is CCOc1ccc(N=C2NC(=O)/C(=C\c3ccc(O[C@H](C)CC)c(OC)c3)S2)cc1. The number of amides is 1. The largest absolute Gasteiger partial charge is 0.494 e. The molecule has 1 atom stereocenters. The third kappa shape index (κ3) is 5.57. The van der Waals surface area contributed by atoms with E-state index in [1.54, 1.807) is 7.11 Å². The number of rotatable bonds is 8. The summed E-state index contributed by atoms with van der Waals surface area (Å²) in [4.78, 5) is 17.4. The second-order valence-corrected chi connectivity index (χ2v) is 7.69. The predicted octanol–water partition coefficient (Wildman–Crippen LogP) is 5.16. The third-order valence-electron chi connectivity index (χ3n) is 4.42. The van der Waals surface area contributed by atoms with Crippen LogP contribution in [0.25, 0.3) is 6.08 Å². The molecule has 0 aromatic heterocycles. The summed E-state index contributed by atoms with van der Waals surface area (Å²) in [5.74, 6) is 1.94. The van der Waals surface area contributed by atoms with Crippen molar-refractivity contribution in [2.24, 2.45) is 4.99 Å². The molecule has 2 aromatic carbocycles. The molecule has 158 valence electrons. The molecule has 6 nitrogen and oxygen atoms in total. The van der Waals surface area contributed by atoms with Gasteiger partial charge in [-0.25, -0.2) is 4.99 Å². The minimum Gasteiger partial charge on any atom is -0.494 e. The van der Waals surface area contributed by atoms with Crippen LogP contribution >= 0.6 is 11.8 Å². The van der Waals surface area contributed by atoms with E-state index >= 15 is 0 Å². The van der Waals surface area contributed by atoms with Crippen molar-refractivity contribution in [1.29, 1.82) is 0 Å². The molecule has 0 spiro atoms. The number of benzene rings is 2. The molecule has 1 aliphatic heterocycles. The monoisotopic (exact) mass is 426 g/mol. The van der Waals surface area contributed by atoms with E-state index in [0.717, 1.165) is 23.4 Å². The molecule has 1 amide bonds. The van der Waals surface area contributed by atoms with E-state index in [2.05, 4.69) is 17.2 Å². The molecule has 1 saturated heterocycles. The summed E-state index contributed by atoms with van der Waals surface area (Å²) < 4.78 is 16.8. The topological polar surface area (TPSA) is 69.2 Å². The molecule has 1 N–H and O–H groups in total. The van der Waals surface area contributed by atoms with Gasteiger partial charge in [-0.1, -0.05) is 13.0 Å². The van der Waals surface area contributed by atoms with Gasteiger partial charge in [0.15, 0.2) is 16.7 Å². The summed E-state index contributed by atoms with van der Waals surface area (Å²) >= 11 is 1.30. The van der Waals surface area contributed by atoms with Crippen molar-refractivity contribution in [2.45, 2.75) is 33.3 Å². The highest BCUT2D eigenvalue weighted by molar-refractivity contribution is 8.18. The molecule has 0 unspecified atom stereocenters. The number of carbonyl (C=O) groups is 1. The maximum Gasteiger partial charge on any atom is 0.264 e. The molecule has 30 heavy (non-hydrogen) atoms. The van der Waals surface area contributed by atoms with Gasteiger partial charge in [0.05, 0.1) is 30.4 Å². The summed E-state index contributed by atoms with van der Waals surface area (Å²) in [6.45, 7) is 6.64. The second-order valence-electron chi connectivity index (χ2n) is 6.66.